The quantitative estimate of drug-likeness (QED) is 0.537. The van der Waals surface area contributed by atoms with Gasteiger partial charge in [-0.3, -0.25) is 0 Å². The lowest BCUT2D eigenvalue weighted by molar-refractivity contribution is -0.142. The van der Waals surface area contributed by atoms with E-state index >= 15 is 0 Å². The Bertz CT molecular complexity index is 208. The summed E-state index contributed by atoms with van der Waals surface area (Å²) in [5, 5.41) is 10.9. The molecule has 0 aliphatic carbocycles. The molecule has 2 atom stereocenters. The predicted octanol–water partition coefficient (Wildman–Crippen LogP) is 0.333. The van der Waals surface area contributed by atoms with Crippen LogP contribution in [0.15, 0.2) is 0 Å². The summed E-state index contributed by atoms with van der Waals surface area (Å²) in [6, 6.07) is -0.704. The van der Waals surface area contributed by atoms with Gasteiger partial charge in [0.2, 0.25) is 0 Å². The van der Waals surface area contributed by atoms with Crippen LogP contribution in [0.4, 0.5) is 4.79 Å². The van der Waals surface area contributed by atoms with Gasteiger partial charge in [-0.2, -0.15) is 0 Å². The van der Waals surface area contributed by atoms with Crippen LogP contribution in [0.2, 0.25) is 0 Å². The fourth-order valence-electron chi connectivity index (χ4n) is 1.02. The first kappa shape index (κ1) is 9.31. The molecule has 6 heteroatoms. The first-order valence-electron chi connectivity index (χ1n) is 3.39. The summed E-state index contributed by atoms with van der Waals surface area (Å²) in [4.78, 5) is 21.1. The molecular weight excluding hydrogens is 230 g/mol. The average Bonchev–Trinajstić information content (AvgIpc) is 2.31. The number of amides is 1. The summed E-state index contributed by atoms with van der Waals surface area (Å²) in [5.41, 5.74) is 0. The Hall–Kier alpha value is -0.780. The SMILES string of the molecule is O=C(O)N[C@H]1C[C@@H](CBr)OC1=O. The van der Waals surface area contributed by atoms with Crippen molar-refractivity contribution in [1.29, 1.82) is 0 Å². The van der Waals surface area contributed by atoms with Crippen molar-refractivity contribution in [2.75, 3.05) is 5.33 Å². The minimum atomic E-state index is -1.20. The van der Waals surface area contributed by atoms with E-state index in [9.17, 15) is 9.59 Å². The molecule has 0 bridgehead atoms. The van der Waals surface area contributed by atoms with E-state index in [4.69, 9.17) is 9.84 Å². The fraction of sp³-hybridized carbons (Fsp3) is 0.667. The molecule has 1 saturated heterocycles. The highest BCUT2D eigenvalue weighted by Crippen LogP contribution is 2.16. The third-order valence-corrected chi connectivity index (χ3v) is 2.26. The topological polar surface area (TPSA) is 75.6 Å². The Labute approximate surface area is 77.2 Å². The van der Waals surface area contributed by atoms with E-state index in [1.165, 1.54) is 0 Å². The summed E-state index contributed by atoms with van der Waals surface area (Å²) in [7, 11) is 0. The summed E-state index contributed by atoms with van der Waals surface area (Å²) in [6.45, 7) is 0. The van der Waals surface area contributed by atoms with Gasteiger partial charge in [0.1, 0.15) is 12.1 Å². The van der Waals surface area contributed by atoms with E-state index in [1.54, 1.807) is 0 Å². The van der Waals surface area contributed by atoms with Gasteiger partial charge in [-0.25, -0.2) is 9.59 Å². The van der Waals surface area contributed by atoms with Crippen molar-refractivity contribution in [1.82, 2.24) is 5.32 Å². The molecule has 2 N–H and O–H groups in total. The highest BCUT2D eigenvalue weighted by molar-refractivity contribution is 9.09. The van der Waals surface area contributed by atoms with Crippen molar-refractivity contribution >= 4 is 28.0 Å². The molecule has 1 heterocycles. The van der Waals surface area contributed by atoms with Crippen molar-refractivity contribution in [3.8, 4) is 0 Å². The number of carboxylic acid groups (broad SMARTS) is 1. The van der Waals surface area contributed by atoms with Crippen LogP contribution < -0.4 is 5.32 Å². The molecule has 1 aliphatic rings. The lowest BCUT2D eigenvalue weighted by Gasteiger charge is -2.02. The Kier molecular flexibility index (Phi) is 2.91. The first-order valence-corrected chi connectivity index (χ1v) is 4.51. The maximum atomic E-state index is 10.9. The molecule has 68 valence electrons. The van der Waals surface area contributed by atoms with Gasteiger partial charge in [0.15, 0.2) is 0 Å². The lowest BCUT2D eigenvalue weighted by atomic mass is 10.2. The maximum Gasteiger partial charge on any atom is 0.405 e. The third-order valence-electron chi connectivity index (χ3n) is 1.54. The average molecular weight is 238 g/mol. The van der Waals surface area contributed by atoms with Gasteiger partial charge in [0.25, 0.3) is 0 Å². The predicted molar refractivity (Wildman–Crippen MR) is 43.2 cm³/mol. The minimum Gasteiger partial charge on any atom is -0.465 e. The highest BCUT2D eigenvalue weighted by Gasteiger charge is 2.34. The zero-order valence-corrected chi connectivity index (χ0v) is 7.70. The number of esters is 1. The minimum absolute atomic E-state index is 0.214. The molecule has 12 heavy (non-hydrogen) atoms. The third kappa shape index (κ3) is 2.10. The molecule has 1 amide bonds. The number of ether oxygens (including phenoxy) is 1. The van der Waals surface area contributed by atoms with E-state index in [0.29, 0.717) is 11.8 Å². The van der Waals surface area contributed by atoms with Gasteiger partial charge in [-0.05, 0) is 0 Å². The molecule has 1 aliphatic heterocycles. The molecule has 0 aromatic heterocycles. The molecule has 1 rings (SSSR count). The van der Waals surface area contributed by atoms with E-state index < -0.39 is 18.1 Å². The van der Waals surface area contributed by atoms with Crippen molar-refractivity contribution in [3.63, 3.8) is 0 Å². The number of carbonyl (C=O) groups excluding carboxylic acids is 1. The summed E-state index contributed by atoms with van der Waals surface area (Å²) >= 11 is 3.14. The number of hydrogen-bond donors (Lipinski definition) is 2. The van der Waals surface area contributed by atoms with E-state index in [-0.39, 0.29) is 6.10 Å². The molecule has 0 unspecified atom stereocenters. The van der Waals surface area contributed by atoms with Crippen LogP contribution >= 0.6 is 15.9 Å². The first-order chi connectivity index (χ1) is 5.63. The lowest BCUT2D eigenvalue weighted by Crippen LogP contribution is -2.36. The number of alkyl halides is 1. The van der Waals surface area contributed by atoms with Crippen LogP contribution in [0.1, 0.15) is 6.42 Å². The van der Waals surface area contributed by atoms with Crippen LogP contribution in [0.25, 0.3) is 0 Å². The number of carbonyl (C=O) groups is 2. The van der Waals surface area contributed by atoms with Crippen molar-refractivity contribution in [2.45, 2.75) is 18.6 Å². The van der Waals surface area contributed by atoms with Gasteiger partial charge in [0, 0.05) is 11.8 Å². The summed E-state index contributed by atoms with van der Waals surface area (Å²) < 4.78 is 4.81. The second-order valence-electron chi connectivity index (χ2n) is 2.45. The Morgan fingerprint density at radius 3 is 2.92 bits per heavy atom. The van der Waals surface area contributed by atoms with Gasteiger partial charge < -0.3 is 15.2 Å². The van der Waals surface area contributed by atoms with E-state index in [0.717, 1.165) is 0 Å². The smallest absolute Gasteiger partial charge is 0.405 e. The fourth-order valence-corrected chi connectivity index (χ4v) is 1.41. The number of nitrogens with one attached hydrogen (secondary N) is 1. The van der Waals surface area contributed by atoms with E-state index in [1.807, 2.05) is 0 Å². The van der Waals surface area contributed by atoms with Crippen molar-refractivity contribution < 1.29 is 19.4 Å². The highest BCUT2D eigenvalue weighted by atomic mass is 79.9. The molecule has 0 radical (unpaired) electrons. The molecule has 0 aromatic rings. The molecule has 0 aromatic carbocycles. The number of cyclic esters (lactones) is 1. The van der Waals surface area contributed by atoms with Gasteiger partial charge >= 0.3 is 12.1 Å². The van der Waals surface area contributed by atoms with Crippen LogP contribution in [-0.4, -0.2) is 34.6 Å². The largest absolute Gasteiger partial charge is 0.465 e. The van der Waals surface area contributed by atoms with Crippen LogP contribution in [0.5, 0.6) is 0 Å². The zero-order chi connectivity index (χ0) is 9.14. The number of halogens is 1. The monoisotopic (exact) mass is 237 g/mol. The van der Waals surface area contributed by atoms with E-state index in [2.05, 4.69) is 21.2 Å². The Balaban J connectivity index is 2.46. The standard InChI is InChI=1S/C6H8BrNO4/c7-2-3-1-4(5(9)12-3)8-6(10)11/h3-4,8H,1-2H2,(H,10,11)/t3-,4-/m0/s1. The molecule has 5 nitrogen and oxygen atoms in total. The molecule has 1 fully saturated rings. The van der Waals surface area contributed by atoms with Gasteiger partial charge in [-0.15, -0.1) is 0 Å². The van der Waals surface area contributed by atoms with Crippen molar-refractivity contribution in [3.05, 3.63) is 0 Å². The zero-order valence-electron chi connectivity index (χ0n) is 6.12. The number of rotatable bonds is 2. The summed E-state index contributed by atoms with van der Waals surface area (Å²) in [5.74, 6) is -0.498. The second kappa shape index (κ2) is 3.75. The van der Waals surface area contributed by atoms with Crippen LogP contribution in [0, 0.1) is 0 Å². The molecule has 0 spiro atoms. The molecular formula is C6H8BrNO4. The van der Waals surface area contributed by atoms with Crippen molar-refractivity contribution in [2.24, 2.45) is 0 Å². The molecule has 0 saturated carbocycles. The van der Waals surface area contributed by atoms with Gasteiger partial charge in [-0.1, -0.05) is 15.9 Å². The van der Waals surface area contributed by atoms with Gasteiger partial charge in [0.05, 0.1) is 0 Å². The summed E-state index contributed by atoms with van der Waals surface area (Å²) in [6.07, 6.45) is -1.02. The Morgan fingerprint density at radius 1 is 1.83 bits per heavy atom. The second-order valence-corrected chi connectivity index (χ2v) is 3.10. The van der Waals surface area contributed by atoms with Crippen LogP contribution in [-0.2, 0) is 9.53 Å². The normalized spacial score (nSPS) is 28.2. The Morgan fingerprint density at radius 2 is 2.50 bits per heavy atom. The number of hydrogen-bond acceptors (Lipinski definition) is 3. The van der Waals surface area contributed by atoms with Crippen LogP contribution in [0.3, 0.4) is 0 Å². The maximum absolute atomic E-state index is 10.9.